The topological polar surface area (TPSA) is 69.8 Å². The third kappa shape index (κ3) is 4.08. The summed E-state index contributed by atoms with van der Waals surface area (Å²) in [6.07, 6.45) is 7.08. The lowest BCUT2D eigenvalue weighted by Gasteiger charge is -2.14. The minimum Gasteiger partial charge on any atom is -0.496 e. The number of methoxy groups -OCH3 is 1. The van der Waals surface area contributed by atoms with Crippen LogP contribution in [0.4, 0.5) is 11.6 Å². The second-order valence-corrected chi connectivity index (χ2v) is 8.50. The highest BCUT2D eigenvalue weighted by atomic mass is 35.5. The molecule has 0 aliphatic carbocycles. The van der Waals surface area contributed by atoms with Crippen molar-refractivity contribution in [3.8, 4) is 16.9 Å². The zero-order chi connectivity index (χ0) is 22.1. The van der Waals surface area contributed by atoms with Crippen molar-refractivity contribution in [3.63, 3.8) is 0 Å². The highest BCUT2D eigenvalue weighted by molar-refractivity contribution is 6.30. The van der Waals surface area contributed by atoms with E-state index in [4.69, 9.17) is 26.4 Å². The molecule has 0 radical (unpaired) electrons. The molecule has 0 amide bonds. The summed E-state index contributed by atoms with van der Waals surface area (Å²) in [5, 5.41) is 13.1. The van der Waals surface area contributed by atoms with E-state index < -0.39 is 0 Å². The lowest BCUT2D eigenvalue weighted by Crippen LogP contribution is -2.08. The highest BCUT2D eigenvalue weighted by Gasteiger charge is 2.24. The number of aromatic nitrogens is 5. The third-order valence-corrected chi connectivity index (χ3v) is 6.12. The second kappa shape index (κ2) is 8.67. The molecule has 0 saturated heterocycles. The van der Waals surface area contributed by atoms with Crippen molar-refractivity contribution in [2.45, 2.75) is 31.7 Å². The van der Waals surface area contributed by atoms with Gasteiger partial charge in [-0.25, -0.2) is 4.68 Å². The van der Waals surface area contributed by atoms with Gasteiger partial charge in [-0.3, -0.25) is 4.68 Å². The number of rotatable bonds is 5. The molecule has 164 valence electrons. The summed E-state index contributed by atoms with van der Waals surface area (Å²) in [5.74, 6) is 2.56. The number of fused-ring (bicyclic) bond motifs is 1. The van der Waals surface area contributed by atoms with Crippen LogP contribution in [0.3, 0.4) is 0 Å². The molecule has 1 atom stereocenters. The number of nitrogens with zero attached hydrogens (tertiary/aromatic N) is 5. The van der Waals surface area contributed by atoms with Crippen LogP contribution in [-0.2, 0) is 13.6 Å². The molecule has 1 aliphatic heterocycles. The van der Waals surface area contributed by atoms with Gasteiger partial charge in [-0.15, -0.1) is 5.10 Å². The van der Waals surface area contributed by atoms with Crippen molar-refractivity contribution < 1.29 is 4.74 Å². The summed E-state index contributed by atoms with van der Waals surface area (Å²) >= 11 is 6.10. The Bertz CT molecular complexity index is 1230. The highest BCUT2D eigenvalue weighted by Crippen LogP contribution is 2.35. The van der Waals surface area contributed by atoms with E-state index in [2.05, 4.69) is 22.5 Å². The van der Waals surface area contributed by atoms with Gasteiger partial charge in [0.2, 0.25) is 5.95 Å². The van der Waals surface area contributed by atoms with Gasteiger partial charge < -0.3 is 10.1 Å². The van der Waals surface area contributed by atoms with Crippen molar-refractivity contribution in [1.82, 2.24) is 24.5 Å². The number of aryl methyl sites for hydroxylation is 2. The SMILES string of the molecule is COc1cc(Nc2nc3n(n2)CCCCC3c2ccc(Cl)cc2)ccc1-c1cnn(C)c1. The Balaban J connectivity index is 1.43. The Labute approximate surface area is 192 Å². The molecule has 2 aromatic carbocycles. The smallest absolute Gasteiger partial charge is 0.246 e. The number of anilines is 2. The molecule has 7 nitrogen and oxygen atoms in total. The van der Waals surface area contributed by atoms with Crippen molar-refractivity contribution >= 4 is 23.2 Å². The standard InChI is InChI=1S/C24H25ClN6O/c1-30-15-17(14-26-30)20-11-10-19(13-22(20)32-2)27-24-28-23-21(5-3-4-12-31(23)29-24)16-6-8-18(25)9-7-16/h6-11,13-15,21H,3-5,12H2,1-2H3,(H,27,29). The van der Waals surface area contributed by atoms with Crippen molar-refractivity contribution in [3.05, 3.63) is 71.3 Å². The van der Waals surface area contributed by atoms with Crippen LogP contribution in [0.5, 0.6) is 5.75 Å². The fourth-order valence-electron chi connectivity index (χ4n) is 4.28. The van der Waals surface area contributed by atoms with Crippen LogP contribution in [0.15, 0.2) is 54.9 Å². The molecule has 3 heterocycles. The summed E-state index contributed by atoms with van der Waals surface area (Å²) in [6, 6.07) is 14.1. The second-order valence-electron chi connectivity index (χ2n) is 8.06. The third-order valence-electron chi connectivity index (χ3n) is 5.87. The Kier molecular flexibility index (Phi) is 5.57. The first-order chi connectivity index (χ1) is 15.6. The Morgan fingerprint density at radius 2 is 1.97 bits per heavy atom. The van der Waals surface area contributed by atoms with Gasteiger partial charge in [0.25, 0.3) is 0 Å². The zero-order valence-electron chi connectivity index (χ0n) is 18.1. The fraction of sp³-hybridized carbons (Fsp3) is 0.292. The molecule has 8 heteroatoms. The number of nitrogens with one attached hydrogen (secondary N) is 1. The first-order valence-corrected chi connectivity index (χ1v) is 11.1. The molecule has 32 heavy (non-hydrogen) atoms. The molecule has 1 N–H and O–H groups in total. The normalized spacial score (nSPS) is 15.8. The van der Waals surface area contributed by atoms with E-state index in [1.807, 2.05) is 54.5 Å². The van der Waals surface area contributed by atoms with Crippen LogP contribution in [0, 0.1) is 0 Å². The maximum Gasteiger partial charge on any atom is 0.246 e. The molecule has 1 unspecified atom stereocenters. The monoisotopic (exact) mass is 448 g/mol. The quantitative estimate of drug-likeness (QED) is 0.442. The van der Waals surface area contributed by atoms with E-state index in [-0.39, 0.29) is 5.92 Å². The number of hydrogen-bond donors (Lipinski definition) is 1. The van der Waals surface area contributed by atoms with Crippen LogP contribution in [-0.4, -0.2) is 31.7 Å². The molecule has 0 fully saturated rings. The maximum absolute atomic E-state index is 6.10. The van der Waals surface area contributed by atoms with Crippen molar-refractivity contribution in [2.24, 2.45) is 7.05 Å². The van der Waals surface area contributed by atoms with Crippen LogP contribution >= 0.6 is 11.6 Å². The summed E-state index contributed by atoms with van der Waals surface area (Å²) in [5.41, 5.74) is 4.09. The summed E-state index contributed by atoms with van der Waals surface area (Å²) in [6.45, 7) is 0.872. The predicted octanol–water partition coefficient (Wildman–Crippen LogP) is 5.40. The minimum atomic E-state index is 0.209. The van der Waals surface area contributed by atoms with Crippen molar-refractivity contribution in [2.75, 3.05) is 12.4 Å². The summed E-state index contributed by atoms with van der Waals surface area (Å²) in [7, 11) is 3.57. The van der Waals surface area contributed by atoms with Gasteiger partial charge >= 0.3 is 0 Å². The molecule has 1 aliphatic rings. The summed E-state index contributed by atoms with van der Waals surface area (Å²) in [4.78, 5) is 4.88. The van der Waals surface area contributed by atoms with Gasteiger partial charge in [-0.2, -0.15) is 10.1 Å². The number of halogens is 1. The molecule has 4 aromatic rings. The van der Waals surface area contributed by atoms with E-state index in [1.54, 1.807) is 11.8 Å². The predicted molar refractivity (Wildman–Crippen MR) is 126 cm³/mol. The van der Waals surface area contributed by atoms with E-state index in [0.717, 1.165) is 59.2 Å². The zero-order valence-corrected chi connectivity index (χ0v) is 18.9. The lowest BCUT2D eigenvalue weighted by atomic mass is 9.94. The molecule has 0 spiro atoms. The first-order valence-electron chi connectivity index (χ1n) is 10.7. The largest absolute Gasteiger partial charge is 0.496 e. The Morgan fingerprint density at radius 1 is 1.12 bits per heavy atom. The number of hydrogen-bond acceptors (Lipinski definition) is 5. The van der Waals surface area contributed by atoms with E-state index in [1.165, 1.54) is 5.56 Å². The molecule has 2 aromatic heterocycles. The fourth-order valence-corrected chi connectivity index (χ4v) is 4.40. The van der Waals surface area contributed by atoms with Crippen molar-refractivity contribution in [1.29, 1.82) is 0 Å². The van der Waals surface area contributed by atoms with Crippen LogP contribution in [0.1, 0.15) is 36.6 Å². The average molecular weight is 449 g/mol. The van der Waals surface area contributed by atoms with E-state index >= 15 is 0 Å². The summed E-state index contributed by atoms with van der Waals surface area (Å²) < 4.78 is 9.45. The van der Waals surface area contributed by atoms with Crippen LogP contribution < -0.4 is 10.1 Å². The van der Waals surface area contributed by atoms with Gasteiger partial charge in [-0.1, -0.05) is 30.2 Å². The molecule has 0 saturated carbocycles. The minimum absolute atomic E-state index is 0.209. The number of ether oxygens (including phenoxy) is 1. The van der Waals surface area contributed by atoms with Crippen LogP contribution in [0.25, 0.3) is 11.1 Å². The van der Waals surface area contributed by atoms with Gasteiger partial charge in [0.1, 0.15) is 11.6 Å². The van der Waals surface area contributed by atoms with Gasteiger partial charge in [0.05, 0.1) is 13.3 Å². The van der Waals surface area contributed by atoms with Gasteiger partial charge in [0, 0.05) is 53.6 Å². The van der Waals surface area contributed by atoms with Gasteiger partial charge in [-0.05, 0) is 42.7 Å². The number of benzene rings is 2. The molecule has 5 rings (SSSR count). The maximum atomic E-state index is 6.10. The van der Waals surface area contributed by atoms with Crippen LogP contribution in [0.2, 0.25) is 5.02 Å². The average Bonchev–Trinajstić information content (AvgIpc) is 3.35. The lowest BCUT2D eigenvalue weighted by molar-refractivity contribution is 0.416. The molecular weight excluding hydrogens is 424 g/mol. The van der Waals surface area contributed by atoms with E-state index in [0.29, 0.717) is 5.95 Å². The molecule has 0 bridgehead atoms. The molecular formula is C24H25ClN6O. The Morgan fingerprint density at radius 3 is 2.72 bits per heavy atom. The van der Waals surface area contributed by atoms with Gasteiger partial charge in [0.15, 0.2) is 0 Å². The Hall–Kier alpha value is -3.32. The first kappa shape index (κ1) is 20.6. The van der Waals surface area contributed by atoms with E-state index in [9.17, 15) is 0 Å².